The largest absolute Gasteiger partial charge is 0.463 e. The van der Waals surface area contributed by atoms with Crippen LogP contribution in [0.4, 0.5) is 0 Å². The third-order valence-electron chi connectivity index (χ3n) is 5.55. The third kappa shape index (κ3) is 4.09. The molecule has 0 saturated carbocycles. The summed E-state index contributed by atoms with van der Waals surface area (Å²) in [6.07, 6.45) is 0. The van der Waals surface area contributed by atoms with Crippen LogP contribution < -0.4 is 5.73 Å². The molecule has 7 nitrogen and oxygen atoms in total. The standard InChI is InChI=1S/C26H19ClN4O3S/c1-2-33-25(32)21-22(16-6-4-3-5-7-16)30-26-31(24(29)20(14-28)35-26)23(21)19-13-12-18(34-19)15-8-10-17(27)11-9-15/h3-13,23H,2,29H2,1H3/t23-/m0/s1. The number of carbonyl (C=O) groups excluding carboxylic acids is 1. The SMILES string of the molecule is CCOC(=O)C1=C(c2ccccc2)N=C2SC(C#N)=C(N)N2[C@H]1c1ccc(-c2ccc(Cl)cc2)o1. The van der Waals surface area contributed by atoms with Gasteiger partial charge in [-0.05, 0) is 55.1 Å². The Morgan fingerprint density at radius 1 is 1.17 bits per heavy atom. The molecule has 0 spiro atoms. The van der Waals surface area contributed by atoms with E-state index in [1.165, 1.54) is 0 Å². The maximum atomic E-state index is 13.4. The number of amidine groups is 1. The average Bonchev–Trinajstić information content (AvgIpc) is 3.49. The van der Waals surface area contributed by atoms with Gasteiger partial charge in [-0.3, -0.25) is 4.90 Å². The number of nitrogens with zero attached hydrogens (tertiary/aromatic N) is 3. The van der Waals surface area contributed by atoms with Crippen LogP contribution in [0.25, 0.3) is 17.0 Å². The summed E-state index contributed by atoms with van der Waals surface area (Å²) < 4.78 is 11.7. The number of esters is 1. The van der Waals surface area contributed by atoms with Crippen molar-refractivity contribution in [3.63, 3.8) is 0 Å². The first kappa shape index (κ1) is 22.8. The number of furan rings is 1. The Balaban J connectivity index is 1.71. The summed E-state index contributed by atoms with van der Waals surface area (Å²) >= 11 is 7.19. The summed E-state index contributed by atoms with van der Waals surface area (Å²) in [5.41, 5.74) is 8.67. The lowest BCUT2D eigenvalue weighted by molar-refractivity contribution is -0.139. The van der Waals surface area contributed by atoms with Gasteiger partial charge in [0.25, 0.3) is 0 Å². The number of halogens is 1. The highest BCUT2D eigenvalue weighted by molar-refractivity contribution is 8.17. The Kier molecular flexibility index (Phi) is 6.12. The Labute approximate surface area is 211 Å². The molecule has 3 aromatic rings. The van der Waals surface area contributed by atoms with E-state index in [0.29, 0.717) is 32.3 Å². The number of fused-ring (bicyclic) bond motifs is 1. The van der Waals surface area contributed by atoms with Crippen LogP contribution in [0.3, 0.4) is 0 Å². The molecule has 1 aromatic heterocycles. The van der Waals surface area contributed by atoms with E-state index >= 15 is 0 Å². The summed E-state index contributed by atoms with van der Waals surface area (Å²) in [7, 11) is 0. The summed E-state index contributed by atoms with van der Waals surface area (Å²) in [6.45, 7) is 1.93. The minimum atomic E-state index is -0.781. The van der Waals surface area contributed by atoms with Gasteiger partial charge in [-0.2, -0.15) is 5.26 Å². The second kappa shape index (κ2) is 9.37. The quantitative estimate of drug-likeness (QED) is 0.447. The van der Waals surface area contributed by atoms with Crippen molar-refractivity contribution in [3.05, 3.63) is 99.4 Å². The molecule has 9 heteroatoms. The molecule has 2 aliphatic heterocycles. The van der Waals surface area contributed by atoms with Gasteiger partial charge in [-0.1, -0.05) is 41.9 Å². The zero-order valence-corrected chi connectivity index (χ0v) is 20.1. The molecular weight excluding hydrogens is 484 g/mol. The second-order valence-corrected chi connectivity index (χ2v) is 9.07. The van der Waals surface area contributed by atoms with Crippen LogP contribution in [0.5, 0.6) is 0 Å². The van der Waals surface area contributed by atoms with Gasteiger partial charge >= 0.3 is 5.97 Å². The molecule has 5 rings (SSSR count). The van der Waals surface area contributed by atoms with Crippen LogP contribution in [0.2, 0.25) is 5.02 Å². The van der Waals surface area contributed by atoms with Crippen molar-refractivity contribution >= 4 is 40.2 Å². The number of nitrogens with two attached hydrogens (primary N) is 1. The molecule has 1 atom stereocenters. The fraction of sp³-hybridized carbons (Fsp3) is 0.115. The zero-order chi connectivity index (χ0) is 24.5. The minimum Gasteiger partial charge on any atom is -0.463 e. The first-order valence-electron chi connectivity index (χ1n) is 10.8. The van der Waals surface area contributed by atoms with Crippen LogP contribution in [0.15, 0.2) is 92.4 Å². The Bertz CT molecular complexity index is 1440. The van der Waals surface area contributed by atoms with Gasteiger partial charge in [-0.15, -0.1) is 0 Å². The lowest BCUT2D eigenvalue weighted by atomic mass is 9.96. The van der Waals surface area contributed by atoms with Gasteiger partial charge in [0, 0.05) is 16.1 Å². The van der Waals surface area contributed by atoms with E-state index < -0.39 is 12.0 Å². The molecule has 0 radical (unpaired) electrons. The van der Waals surface area contributed by atoms with Crippen LogP contribution >= 0.6 is 23.4 Å². The zero-order valence-electron chi connectivity index (χ0n) is 18.6. The Morgan fingerprint density at radius 3 is 2.60 bits per heavy atom. The second-order valence-electron chi connectivity index (χ2n) is 7.65. The van der Waals surface area contributed by atoms with Crippen molar-refractivity contribution < 1.29 is 13.9 Å². The number of rotatable bonds is 5. The Morgan fingerprint density at radius 2 is 1.91 bits per heavy atom. The summed E-state index contributed by atoms with van der Waals surface area (Å²) in [4.78, 5) is 20.1. The van der Waals surface area contributed by atoms with Crippen molar-refractivity contribution in [1.82, 2.24) is 4.90 Å². The van der Waals surface area contributed by atoms with Crippen LogP contribution in [-0.4, -0.2) is 22.6 Å². The number of hydrogen-bond acceptors (Lipinski definition) is 8. The number of benzene rings is 2. The van der Waals surface area contributed by atoms with Gasteiger partial charge in [0.1, 0.15) is 34.4 Å². The van der Waals surface area contributed by atoms with E-state index in [1.807, 2.05) is 48.5 Å². The smallest absolute Gasteiger partial charge is 0.338 e. The highest BCUT2D eigenvalue weighted by Crippen LogP contribution is 2.48. The molecule has 0 amide bonds. The first-order chi connectivity index (χ1) is 17.0. The van der Waals surface area contributed by atoms with E-state index in [0.717, 1.165) is 22.9 Å². The molecule has 2 aliphatic rings. The van der Waals surface area contributed by atoms with Gasteiger partial charge in [0.2, 0.25) is 0 Å². The number of carbonyl (C=O) groups is 1. The fourth-order valence-corrected chi connectivity index (χ4v) is 4.99. The molecule has 0 saturated heterocycles. The molecule has 0 unspecified atom stereocenters. The van der Waals surface area contributed by atoms with Gasteiger partial charge in [0.05, 0.1) is 17.9 Å². The molecule has 2 N–H and O–H groups in total. The number of allylic oxidation sites excluding steroid dienone is 1. The molecule has 174 valence electrons. The van der Waals surface area contributed by atoms with Crippen LogP contribution in [0, 0.1) is 11.3 Å². The van der Waals surface area contributed by atoms with Gasteiger partial charge < -0.3 is 14.9 Å². The van der Waals surface area contributed by atoms with E-state index in [9.17, 15) is 10.1 Å². The van der Waals surface area contributed by atoms with E-state index in [4.69, 9.17) is 31.5 Å². The average molecular weight is 503 g/mol. The molecule has 35 heavy (non-hydrogen) atoms. The van der Waals surface area contributed by atoms with Crippen LogP contribution in [0.1, 0.15) is 24.3 Å². The fourth-order valence-electron chi connectivity index (χ4n) is 4.00. The van der Waals surface area contributed by atoms with E-state index in [2.05, 4.69) is 6.07 Å². The lowest BCUT2D eigenvalue weighted by Gasteiger charge is -2.33. The number of ether oxygens (including phenoxy) is 1. The van der Waals surface area contributed by atoms with Crippen molar-refractivity contribution in [1.29, 1.82) is 5.26 Å². The number of aliphatic imine (C=N–C) groups is 1. The Hall–Kier alpha value is -3.93. The topological polar surface area (TPSA) is 105 Å². The molecule has 0 fully saturated rings. The molecular formula is C26H19ClN4O3S. The predicted octanol–water partition coefficient (Wildman–Crippen LogP) is 5.69. The number of hydrogen-bond donors (Lipinski definition) is 1. The maximum Gasteiger partial charge on any atom is 0.338 e. The first-order valence-corrected chi connectivity index (χ1v) is 12.0. The van der Waals surface area contributed by atoms with Gasteiger partial charge in [0.15, 0.2) is 5.17 Å². The normalized spacial score (nSPS) is 17.2. The third-order valence-corrected chi connectivity index (χ3v) is 6.78. The van der Waals surface area contributed by atoms with Crippen molar-refractivity contribution in [2.45, 2.75) is 13.0 Å². The van der Waals surface area contributed by atoms with Gasteiger partial charge in [-0.25, -0.2) is 9.79 Å². The highest BCUT2D eigenvalue weighted by Gasteiger charge is 2.45. The maximum absolute atomic E-state index is 13.4. The molecule has 3 heterocycles. The molecule has 0 bridgehead atoms. The van der Waals surface area contributed by atoms with E-state index in [1.54, 1.807) is 30.0 Å². The van der Waals surface area contributed by atoms with Crippen molar-refractivity contribution in [2.24, 2.45) is 10.7 Å². The number of nitriles is 1. The summed E-state index contributed by atoms with van der Waals surface area (Å²) in [5, 5.41) is 10.7. The lowest BCUT2D eigenvalue weighted by Crippen LogP contribution is -2.38. The van der Waals surface area contributed by atoms with Crippen LogP contribution in [-0.2, 0) is 9.53 Å². The highest BCUT2D eigenvalue weighted by atomic mass is 35.5. The summed E-state index contributed by atoms with van der Waals surface area (Å²) in [5.74, 6) is 0.730. The summed E-state index contributed by atoms with van der Waals surface area (Å²) in [6, 6.07) is 21.6. The van der Waals surface area contributed by atoms with Crippen molar-refractivity contribution in [2.75, 3.05) is 6.61 Å². The van der Waals surface area contributed by atoms with E-state index in [-0.39, 0.29) is 18.0 Å². The molecule has 2 aromatic carbocycles. The molecule has 0 aliphatic carbocycles. The monoisotopic (exact) mass is 502 g/mol. The minimum absolute atomic E-state index is 0.186. The predicted molar refractivity (Wildman–Crippen MR) is 136 cm³/mol. The number of thioether (sulfide) groups is 1. The van der Waals surface area contributed by atoms with Crippen molar-refractivity contribution in [3.8, 4) is 17.4 Å².